The van der Waals surface area contributed by atoms with Crippen LogP contribution in [0.1, 0.15) is 36.7 Å². The van der Waals surface area contributed by atoms with Gasteiger partial charge in [-0.2, -0.15) is 0 Å². The standard InChI is InChI=1S/C15H19N3/c1-3-12-6-5-7-13(10-12)15(17-4-2)14-11-16-8-9-18-14/h5-11,15,17H,3-4H2,1-2H3. The fourth-order valence-corrected chi connectivity index (χ4v) is 2.05. The number of rotatable bonds is 5. The molecule has 1 N–H and O–H groups in total. The molecule has 0 aliphatic rings. The van der Waals surface area contributed by atoms with Crippen LogP contribution in [-0.4, -0.2) is 16.5 Å². The third kappa shape index (κ3) is 2.93. The molecule has 1 aromatic heterocycles. The van der Waals surface area contributed by atoms with Gasteiger partial charge in [0.15, 0.2) is 0 Å². The number of hydrogen-bond donors (Lipinski definition) is 1. The second-order valence-corrected chi connectivity index (χ2v) is 4.22. The van der Waals surface area contributed by atoms with E-state index in [1.54, 1.807) is 12.4 Å². The van der Waals surface area contributed by atoms with E-state index in [4.69, 9.17) is 0 Å². The van der Waals surface area contributed by atoms with E-state index >= 15 is 0 Å². The van der Waals surface area contributed by atoms with Crippen LogP contribution in [0.15, 0.2) is 42.9 Å². The maximum atomic E-state index is 4.40. The maximum absolute atomic E-state index is 4.40. The average Bonchev–Trinajstić information content (AvgIpc) is 2.46. The van der Waals surface area contributed by atoms with Crippen LogP contribution in [0, 0.1) is 0 Å². The zero-order valence-electron chi connectivity index (χ0n) is 10.9. The van der Waals surface area contributed by atoms with Gasteiger partial charge < -0.3 is 5.32 Å². The Morgan fingerprint density at radius 1 is 1.22 bits per heavy atom. The van der Waals surface area contributed by atoms with Gasteiger partial charge in [0.1, 0.15) is 0 Å². The number of aryl methyl sites for hydroxylation is 1. The lowest BCUT2D eigenvalue weighted by atomic mass is 10.0. The number of nitrogens with one attached hydrogen (secondary N) is 1. The van der Waals surface area contributed by atoms with E-state index < -0.39 is 0 Å². The van der Waals surface area contributed by atoms with E-state index in [1.807, 2.05) is 6.20 Å². The lowest BCUT2D eigenvalue weighted by Crippen LogP contribution is -2.23. The zero-order valence-corrected chi connectivity index (χ0v) is 10.9. The second-order valence-electron chi connectivity index (χ2n) is 4.22. The van der Waals surface area contributed by atoms with Crippen LogP contribution in [0.25, 0.3) is 0 Å². The van der Waals surface area contributed by atoms with Crippen molar-refractivity contribution in [2.75, 3.05) is 6.54 Å². The molecule has 0 saturated carbocycles. The third-order valence-electron chi connectivity index (χ3n) is 2.98. The SMILES string of the molecule is CCNC(c1cccc(CC)c1)c1cnccn1. The van der Waals surface area contributed by atoms with E-state index in [0.717, 1.165) is 18.7 Å². The fraction of sp³-hybridized carbons (Fsp3) is 0.333. The molecule has 2 aromatic rings. The Hall–Kier alpha value is -1.74. The Kier molecular flexibility index (Phi) is 4.42. The van der Waals surface area contributed by atoms with Gasteiger partial charge in [-0.1, -0.05) is 38.1 Å². The van der Waals surface area contributed by atoms with Crippen LogP contribution in [0.2, 0.25) is 0 Å². The van der Waals surface area contributed by atoms with Gasteiger partial charge >= 0.3 is 0 Å². The first-order valence-corrected chi connectivity index (χ1v) is 6.43. The minimum Gasteiger partial charge on any atom is -0.305 e. The van der Waals surface area contributed by atoms with Crippen LogP contribution >= 0.6 is 0 Å². The average molecular weight is 241 g/mol. The monoisotopic (exact) mass is 241 g/mol. The number of aromatic nitrogens is 2. The first-order valence-electron chi connectivity index (χ1n) is 6.43. The topological polar surface area (TPSA) is 37.8 Å². The number of nitrogens with zero attached hydrogens (tertiary/aromatic N) is 2. The van der Waals surface area contributed by atoms with E-state index in [0.29, 0.717) is 0 Å². The van der Waals surface area contributed by atoms with Crippen LogP contribution in [0.3, 0.4) is 0 Å². The summed E-state index contributed by atoms with van der Waals surface area (Å²) in [6.45, 7) is 5.17. The first kappa shape index (κ1) is 12.7. The first-order chi connectivity index (χ1) is 8.85. The Morgan fingerprint density at radius 3 is 2.78 bits per heavy atom. The molecule has 3 nitrogen and oxygen atoms in total. The van der Waals surface area contributed by atoms with Crippen molar-refractivity contribution in [3.63, 3.8) is 0 Å². The molecule has 0 radical (unpaired) electrons. The minimum absolute atomic E-state index is 0.121. The molecule has 94 valence electrons. The van der Waals surface area contributed by atoms with Crippen LogP contribution in [0.5, 0.6) is 0 Å². The second kappa shape index (κ2) is 6.26. The molecule has 3 heteroatoms. The van der Waals surface area contributed by atoms with Crippen LogP contribution in [0.4, 0.5) is 0 Å². The smallest absolute Gasteiger partial charge is 0.0801 e. The molecule has 0 amide bonds. The maximum Gasteiger partial charge on any atom is 0.0801 e. The highest BCUT2D eigenvalue weighted by atomic mass is 14.9. The molecule has 0 saturated heterocycles. The molecule has 0 spiro atoms. The summed E-state index contributed by atoms with van der Waals surface area (Å²) >= 11 is 0. The lowest BCUT2D eigenvalue weighted by molar-refractivity contribution is 0.612. The molecule has 1 heterocycles. The largest absolute Gasteiger partial charge is 0.305 e. The van der Waals surface area contributed by atoms with Gasteiger partial charge in [-0.3, -0.25) is 9.97 Å². The Balaban J connectivity index is 2.35. The Labute approximate surface area is 108 Å². The molecule has 0 aliphatic carbocycles. The van der Waals surface area contributed by atoms with Gasteiger partial charge in [0.05, 0.1) is 17.9 Å². The summed E-state index contributed by atoms with van der Waals surface area (Å²) in [5.41, 5.74) is 3.56. The normalized spacial score (nSPS) is 12.3. The highest BCUT2D eigenvalue weighted by molar-refractivity contribution is 5.30. The molecule has 18 heavy (non-hydrogen) atoms. The Morgan fingerprint density at radius 2 is 2.11 bits per heavy atom. The lowest BCUT2D eigenvalue weighted by Gasteiger charge is -2.18. The molecule has 0 bridgehead atoms. The molecule has 1 aromatic carbocycles. The summed E-state index contributed by atoms with van der Waals surface area (Å²) < 4.78 is 0. The summed E-state index contributed by atoms with van der Waals surface area (Å²) in [4.78, 5) is 8.56. The van der Waals surface area contributed by atoms with Crippen molar-refractivity contribution in [3.05, 3.63) is 59.7 Å². The summed E-state index contributed by atoms with van der Waals surface area (Å²) in [6, 6.07) is 8.76. The van der Waals surface area contributed by atoms with Gasteiger partial charge in [-0.25, -0.2) is 0 Å². The predicted molar refractivity (Wildman–Crippen MR) is 73.4 cm³/mol. The molecule has 1 atom stereocenters. The van der Waals surface area contributed by atoms with Gasteiger partial charge in [-0.15, -0.1) is 0 Å². The highest BCUT2D eigenvalue weighted by Gasteiger charge is 2.14. The molecular weight excluding hydrogens is 222 g/mol. The van der Waals surface area contributed by atoms with E-state index in [1.165, 1.54) is 11.1 Å². The van der Waals surface area contributed by atoms with E-state index in [9.17, 15) is 0 Å². The van der Waals surface area contributed by atoms with Gasteiger partial charge in [-0.05, 0) is 24.1 Å². The zero-order chi connectivity index (χ0) is 12.8. The quantitative estimate of drug-likeness (QED) is 0.874. The summed E-state index contributed by atoms with van der Waals surface area (Å²) in [7, 11) is 0. The molecule has 1 unspecified atom stereocenters. The van der Waals surface area contributed by atoms with Crippen molar-refractivity contribution >= 4 is 0 Å². The summed E-state index contributed by atoms with van der Waals surface area (Å²) in [5.74, 6) is 0. The van der Waals surface area contributed by atoms with Crippen molar-refractivity contribution in [3.8, 4) is 0 Å². The van der Waals surface area contributed by atoms with Crippen LogP contribution in [-0.2, 0) is 6.42 Å². The van der Waals surface area contributed by atoms with Crippen molar-refractivity contribution in [1.82, 2.24) is 15.3 Å². The fourth-order valence-electron chi connectivity index (χ4n) is 2.05. The van der Waals surface area contributed by atoms with Gasteiger partial charge in [0.2, 0.25) is 0 Å². The molecule has 0 aliphatic heterocycles. The van der Waals surface area contributed by atoms with Crippen LogP contribution < -0.4 is 5.32 Å². The van der Waals surface area contributed by atoms with Crippen molar-refractivity contribution in [1.29, 1.82) is 0 Å². The number of hydrogen-bond acceptors (Lipinski definition) is 3. The molecular formula is C15H19N3. The van der Waals surface area contributed by atoms with E-state index in [-0.39, 0.29) is 6.04 Å². The van der Waals surface area contributed by atoms with Gasteiger partial charge in [0.25, 0.3) is 0 Å². The third-order valence-corrected chi connectivity index (χ3v) is 2.98. The van der Waals surface area contributed by atoms with Gasteiger partial charge in [0, 0.05) is 12.4 Å². The summed E-state index contributed by atoms with van der Waals surface area (Å²) in [6.07, 6.45) is 6.32. The van der Waals surface area contributed by atoms with Crippen molar-refractivity contribution < 1.29 is 0 Å². The molecule has 0 fully saturated rings. The van der Waals surface area contributed by atoms with Crippen molar-refractivity contribution in [2.45, 2.75) is 26.3 Å². The minimum atomic E-state index is 0.121. The highest BCUT2D eigenvalue weighted by Crippen LogP contribution is 2.20. The number of benzene rings is 1. The predicted octanol–water partition coefficient (Wildman–Crippen LogP) is 2.74. The van der Waals surface area contributed by atoms with Crippen molar-refractivity contribution in [2.24, 2.45) is 0 Å². The molecule has 2 rings (SSSR count). The Bertz CT molecular complexity index is 482. The van der Waals surface area contributed by atoms with E-state index in [2.05, 4.69) is 53.4 Å². The summed E-state index contributed by atoms with van der Waals surface area (Å²) in [5, 5.41) is 3.46.